The molecule has 110 valence electrons. The van der Waals surface area contributed by atoms with Crippen LogP contribution in [0.2, 0.25) is 10.0 Å². The molecule has 0 aliphatic rings. The molecule has 0 aliphatic carbocycles. The van der Waals surface area contributed by atoms with Crippen LogP contribution in [-0.4, -0.2) is 21.0 Å². The third-order valence-electron chi connectivity index (χ3n) is 2.56. The maximum atomic E-state index is 11.3. The Hall–Kier alpha value is -1.85. The van der Waals surface area contributed by atoms with Crippen molar-refractivity contribution >= 4 is 29.2 Å². The predicted octanol–water partition coefficient (Wildman–Crippen LogP) is 4.40. The molecule has 21 heavy (non-hydrogen) atoms. The molecule has 0 saturated heterocycles. The van der Waals surface area contributed by atoms with Crippen LogP contribution in [0.5, 0.6) is 11.5 Å². The SMILES string of the molecule is CC(C)c1ncc(Oc2cc(Cl)cc(Cl)c2)c(C(=O)O)n1. The number of hydrogen-bond donors (Lipinski definition) is 1. The second-order valence-electron chi connectivity index (χ2n) is 4.61. The van der Waals surface area contributed by atoms with Crippen molar-refractivity contribution in [3.05, 3.63) is 46.0 Å². The van der Waals surface area contributed by atoms with Crippen LogP contribution in [0.3, 0.4) is 0 Å². The monoisotopic (exact) mass is 326 g/mol. The van der Waals surface area contributed by atoms with Gasteiger partial charge in [0.05, 0.1) is 6.20 Å². The van der Waals surface area contributed by atoms with E-state index in [1.54, 1.807) is 6.07 Å². The number of benzene rings is 1. The zero-order valence-electron chi connectivity index (χ0n) is 11.3. The minimum atomic E-state index is -1.19. The molecule has 2 aromatic rings. The summed E-state index contributed by atoms with van der Waals surface area (Å²) in [6, 6.07) is 4.59. The molecular weight excluding hydrogens is 315 g/mol. The molecule has 2 rings (SSSR count). The van der Waals surface area contributed by atoms with Crippen LogP contribution >= 0.6 is 23.2 Å². The first-order valence-electron chi connectivity index (χ1n) is 6.11. The second-order valence-corrected chi connectivity index (χ2v) is 5.48. The number of carboxylic acids is 1. The summed E-state index contributed by atoms with van der Waals surface area (Å²) in [5.74, 6) is -0.398. The van der Waals surface area contributed by atoms with Gasteiger partial charge in [-0.2, -0.15) is 0 Å². The van der Waals surface area contributed by atoms with Gasteiger partial charge in [0.15, 0.2) is 11.4 Å². The maximum absolute atomic E-state index is 11.3. The molecule has 0 fully saturated rings. The molecule has 1 aromatic carbocycles. The third kappa shape index (κ3) is 3.83. The average Bonchev–Trinajstić information content (AvgIpc) is 2.37. The highest BCUT2D eigenvalue weighted by molar-refractivity contribution is 6.34. The summed E-state index contributed by atoms with van der Waals surface area (Å²) < 4.78 is 5.49. The molecule has 1 aromatic heterocycles. The normalized spacial score (nSPS) is 10.7. The minimum absolute atomic E-state index is 0.0118. The second kappa shape index (κ2) is 6.28. The van der Waals surface area contributed by atoms with Gasteiger partial charge >= 0.3 is 5.97 Å². The van der Waals surface area contributed by atoms with E-state index in [2.05, 4.69) is 9.97 Å². The Morgan fingerprint density at radius 3 is 2.38 bits per heavy atom. The standard InChI is InChI=1S/C14H12Cl2N2O3/c1-7(2)13-17-6-11(12(18-13)14(19)20)21-10-4-8(15)3-9(16)5-10/h3-7H,1-2H3,(H,19,20). The Bertz CT molecular complexity index is 670. The Morgan fingerprint density at radius 2 is 1.86 bits per heavy atom. The Kier molecular flexibility index (Phi) is 4.65. The fourth-order valence-electron chi connectivity index (χ4n) is 1.60. The molecule has 0 spiro atoms. The molecule has 0 atom stereocenters. The summed E-state index contributed by atoms with van der Waals surface area (Å²) in [5.41, 5.74) is -0.204. The smallest absolute Gasteiger partial charge is 0.358 e. The lowest BCUT2D eigenvalue weighted by Crippen LogP contribution is -2.08. The molecule has 1 heterocycles. The molecule has 5 nitrogen and oxygen atoms in total. The molecule has 0 saturated carbocycles. The molecule has 0 unspecified atom stereocenters. The van der Waals surface area contributed by atoms with E-state index >= 15 is 0 Å². The quantitative estimate of drug-likeness (QED) is 0.901. The van der Waals surface area contributed by atoms with Gasteiger partial charge < -0.3 is 9.84 Å². The highest BCUT2D eigenvalue weighted by Crippen LogP contribution is 2.29. The van der Waals surface area contributed by atoms with E-state index in [1.807, 2.05) is 13.8 Å². The number of nitrogens with zero attached hydrogens (tertiary/aromatic N) is 2. The highest BCUT2D eigenvalue weighted by Gasteiger charge is 2.17. The number of carbonyl (C=O) groups is 1. The number of carboxylic acid groups (broad SMARTS) is 1. The highest BCUT2D eigenvalue weighted by atomic mass is 35.5. The van der Waals surface area contributed by atoms with Crippen molar-refractivity contribution in [3.63, 3.8) is 0 Å². The van der Waals surface area contributed by atoms with Crippen LogP contribution in [0, 0.1) is 0 Å². The van der Waals surface area contributed by atoms with Gasteiger partial charge in [0.2, 0.25) is 0 Å². The van der Waals surface area contributed by atoms with Gasteiger partial charge in [0.25, 0.3) is 0 Å². The minimum Gasteiger partial charge on any atom is -0.476 e. The van der Waals surface area contributed by atoms with Crippen molar-refractivity contribution in [2.24, 2.45) is 0 Å². The maximum Gasteiger partial charge on any atom is 0.358 e. The first-order valence-corrected chi connectivity index (χ1v) is 6.86. The molecule has 0 aliphatic heterocycles. The largest absolute Gasteiger partial charge is 0.476 e. The van der Waals surface area contributed by atoms with E-state index in [-0.39, 0.29) is 17.4 Å². The summed E-state index contributed by atoms with van der Waals surface area (Å²) in [7, 11) is 0. The predicted molar refractivity (Wildman–Crippen MR) is 79.6 cm³/mol. The summed E-state index contributed by atoms with van der Waals surface area (Å²) in [4.78, 5) is 19.4. The Balaban J connectivity index is 2.41. The van der Waals surface area contributed by atoms with Crippen LogP contribution in [-0.2, 0) is 0 Å². The van der Waals surface area contributed by atoms with Crippen molar-refractivity contribution in [3.8, 4) is 11.5 Å². The number of halogens is 2. The van der Waals surface area contributed by atoms with Crippen molar-refractivity contribution in [2.75, 3.05) is 0 Å². The summed E-state index contributed by atoms with van der Waals surface area (Å²) in [5, 5.41) is 10.0. The molecule has 0 radical (unpaired) electrons. The van der Waals surface area contributed by atoms with E-state index in [4.69, 9.17) is 27.9 Å². The van der Waals surface area contributed by atoms with Crippen LogP contribution in [0.1, 0.15) is 36.1 Å². The van der Waals surface area contributed by atoms with Crippen molar-refractivity contribution in [2.45, 2.75) is 19.8 Å². The zero-order chi connectivity index (χ0) is 15.6. The van der Waals surface area contributed by atoms with Gasteiger partial charge in [-0.1, -0.05) is 37.0 Å². The number of rotatable bonds is 4. The summed E-state index contributed by atoms with van der Waals surface area (Å²) in [6.45, 7) is 3.75. The lowest BCUT2D eigenvalue weighted by molar-refractivity contribution is 0.0686. The molecule has 0 bridgehead atoms. The Morgan fingerprint density at radius 1 is 1.24 bits per heavy atom. The van der Waals surface area contributed by atoms with E-state index in [0.717, 1.165) is 0 Å². The fraction of sp³-hybridized carbons (Fsp3) is 0.214. The van der Waals surface area contributed by atoms with E-state index in [1.165, 1.54) is 18.3 Å². The lowest BCUT2D eigenvalue weighted by atomic mass is 10.2. The van der Waals surface area contributed by atoms with Gasteiger partial charge in [-0.15, -0.1) is 0 Å². The topological polar surface area (TPSA) is 72.3 Å². The third-order valence-corrected chi connectivity index (χ3v) is 2.99. The van der Waals surface area contributed by atoms with Crippen LogP contribution in [0.15, 0.2) is 24.4 Å². The molecule has 7 heteroatoms. The Labute approximate surface area is 131 Å². The van der Waals surface area contributed by atoms with Crippen LogP contribution in [0.25, 0.3) is 0 Å². The van der Waals surface area contributed by atoms with Crippen molar-refractivity contribution in [1.82, 2.24) is 9.97 Å². The first-order chi connectivity index (χ1) is 9.86. The van der Waals surface area contributed by atoms with Gasteiger partial charge in [-0.05, 0) is 18.2 Å². The number of ether oxygens (including phenoxy) is 1. The molecular formula is C14H12Cl2N2O3. The first kappa shape index (κ1) is 15.5. The van der Waals surface area contributed by atoms with Crippen LogP contribution < -0.4 is 4.74 Å². The molecule has 0 amide bonds. The van der Waals surface area contributed by atoms with Gasteiger partial charge in [0, 0.05) is 16.0 Å². The van der Waals surface area contributed by atoms with Crippen molar-refractivity contribution in [1.29, 1.82) is 0 Å². The van der Waals surface area contributed by atoms with Crippen molar-refractivity contribution < 1.29 is 14.6 Å². The average molecular weight is 327 g/mol. The number of hydrogen-bond acceptors (Lipinski definition) is 4. The summed E-state index contributed by atoms with van der Waals surface area (Å²) >= 11 is 11.7. The van der Waals surface area contributed by atoms with Crippen LogP contribution in [0.4, 0.5) is 0 Å². The number of aromatic nitrogens is 2. The van der Waals surface area contributed by atoms with Gasteiger partial charge in [-0.25, -0.2) is 14.8 Å². The van der Waals surface area contributed by atoms with E-state index in [0.29, 0.717) is 21.6 Å². The summed E-state index contributed by atoms with van der Waals surface area (Å²) in [6.07, 6.45) is 1.33. The van der Waals surface area contributed by atoms with Gasteiger partial charge in [0.1, 0.15) is 11.6 Å². The fourth-order valence-corrected chi connectivity index (χ4v) is 2.11. The zero-order valence-corrected chi connectivity index (χ0v) is 12.8. The number of aromatic carboxylic acids is 1. The van der Waals surface area contributed by atoms with E-state index in [9.17, 15) is 9.90 Å². The molecule has 1 N–H and O–H groups in total. The lowest BCUT2D eigenvalue weighted by Gasteiger charge is -2.10. The van der Waals surface area contributed by atoms with Gasteiger partial charge in [-0.3, -0.25) is 0 Å². The van der Waals surface area contributed by atoms with E-state index < -0.39 is 5.97 Å².